The summed E-state index contributed by atoms with van der Waals surface area (Å²) < 4.78 is 39.6. The van der Waals surface area contributed by atoms with Crippen LogP contribution in [0.4, 0.5) is 4.39 Å². The Labute approximate surface area is 195 Å². The average molecular weight is 484 g/mol. The number of nitrogens with zero attached hydrogens (tertiary/aromatic N) is 1. The smallest absolute Gasteiger partial charge is 0.178 e. The van der Waals surface area contributed by atoms with Crippen molar-refractivity contribution >= 4 is 43.9 Å². The quantitative estimate of drug-likeness (QED) is 0.329. The summed E-state index contributed by atoms with van der Waals surface area (Å²) in [5, 5.41) is 1.60. The molecule has 0 aliphatic rings. The van der Waals surface area contributed by atoms with E-state index in [0.29, 0.717) is 26.6 Å². The van der Waals surface area contributed by atoms with E-state index in [1.54, 1.807) is 48.5 Å². The largest absolute Gasteiger partial charge is 0.253 e. The first-order valence-electron chi connectivity index (χ1n) is 9.65. The molecule has 0 amide bonds. The maximum atomic E-state index is 13.9. The summed E-state index contributed by atoms with van der Waals surface area (Å²) in [5.74, 6) is 5.39. The standard InChI is InChI=1S/C25H16Cl2FNO2S/c26-20-9-8-19(23(27)16-20)7-4-17-5-10-21(11-6-17)32(30,31)15-13-18-12-14-29-25-22(18)2-1-3-24(25)28/h1-3,5-6,8-12,14,16H,13,15H2. The lowest BCUT2D eigenvalue weighted by molar-refractivity contribution is 0.595. The molecule has 0 fully saturated rings. The Balaban J connectivity index is 1.51. The molecule has 160 valence electrons. The zero-order chi connectivity index (χ0) is 22.7. The normalized spacial score (nSPS) is 11.2. The van der Waals surface area contributed by atoms with Gasteiger partial charge in [-0.05, 0) is 66.6 Å². The molecule has 0 bridgehead atoms. The van der Waals surface area contributed by atoms with E-state index in [-0.39, 0.29) is 22.6 Å². The van der Waals surface area contributed by atoms with E-state index in [4.69, 9.17) is 23.2 Å². The van der Waals surface area contributed by atoms with Crippen LogP contribution in [0.25, 0.3) is 10.9 Å². The van der Waals surface area contributed by atoms with Gasteiger partial charge in [0.05, 0.1) is 15.7 Å². The minimum Gasteiger partial charge on any atom is -0.253 e. The van der Waals surface area contributed by atoms with Gasteiger partial charge in [-0.2, -0.15) is 0 Å². The van der Waals surface area contributed by atoms with Crippen LogP contribution in [0.1, 0.15) is 16.7 Å². The lowest BCUT2D eigenvalue weighted by Gasteiger charge is -2.08. The molecule has 4 aromatic rings. The summed E-state index contributed by atoms with van der Waals surface area (Å²) in [4.78, 5) is 4.26. The van der Waals surface area contributed by atoms with E-state index < -0.39 is 15.7 Å². The molecule has 0 radical (unpaired) electrons. The Kier molecular flexibility index (Phi) is 6.48. The second kappa shape index (κ2) is 9.30. The minimum absolute atomic E-state index is 0.103. The fourth-order valence-corrected chi connectivity index (χ4v) is 4.98. The predicted molar refractivity (Wildman–Crippen MR) is 126 cm³/mol. The van der Waals surface area contributed by atoms with Crippen LogP contribution in [0.3, 0.4) is 0 Å². The van der Waals surface area contributed by atoms with E-state index in [1.165, 1.54) is 24.4 Å². The minimum atomic E-state index is -3.53. The van der Waals surface area contributed by atoms with E-state index in [2.05, 4.69) is 16.8 Å². The second-order valence-electron chi connectivity index (χ2n) is 7.07. The van der Waals surface area contributed by atoms with Crippen LogP contribution in [0.15, 0.2) is 77.8 Å². The molecule has 0 saturated carbocycles. The molecule has 0 atom stereocenters. The third kappa shape index (κ3) is 4.94. The predicted octanol–water partition coefficient (Wildman–Crippen LogP) is 6.10. The molecule has 7 heteroatoms. The summed E-state index contributed by atoms with van der Waals surface area (Å²) in [6.07, 6.45) is 1.75. The number of halogens is 3. The van der Waals surface area contributed by atoms with E-state index >= 15 is 0 Å². The number of fused-ring (bicyclic) bond motifs is 1. The molecular weight excluding hydrogens is 468 g/mol. The van der Waals surface area contributed by atoms with Crippen LogP contribution in [0.2, 0.25) is 10.0 Å². The van der Waals surface area contributed by atoms with Crippen molar-refractivity contribution in [2.75, 3.05) is 5.75 Å². The van der Waals surface area contributed by atoms with Gasteiger partial charge in [-0.15, -0.1) is 0 Å². The molecule has 0 saturated heterocycles. The second-order valence-corrected chi connectivity index (χ2v) is 10.0. The van der Waals surface area contributed by atoms with E-state index in [9.17, 15) is 12.8 Å². The highest BCUT2D eigenvalue weighted by Crippen LogP contribution is 2.22. The molecule has 4 rings (SSSR count). The van der Waals surface area contributed by atoms with Gasteiger partial charge >= 0.3 is 0 Å². The van der Waals surface area contributed by atoms with Gasteiger partial charge in [-0.3, -0.25) is 4.98 Å². The van der Waals surface area contributed by atoms with Gasteiger partial charge in [0, 0.05) is 27.7 Å². The zero-order valence-corrected chi connectivity index (χ0v) is 19.0. The van der Waals surface area contributed by atoms with Crippen molar-refractivity contribution in [1.82, 2.24) is 4.98 Å². The van der Waals surface area contributed by atoms with Crippen molar-refractivity contribution in [3.63, 3.8) is 0 Å². The molecule has 3 aromatic carbocycles. The first-order valence-corrected chi connectivity index (χ1v) is 12.1. The molecule has 1 aromatic heterocycles. The molecule has 1 heterocycles. The SMILES string of the molecule is O=S(=O)(CCc1ccnc2c(F)cccc12)c1ccc(C#Cc2ccc(Cl)cc2Cl)cc1. The summed E-state index contributed by atoms with van der Waals surface area (Å²) in [6.45, 7) is 0. The van der Waals surface area contributed by atoms with Crippen molar-refractivity contribution in [3.05, 3.63) is 105 Å². The third-order valence-electron chi connectivity index (χ3n) is 4.94. The van der Waals surface area contributed by atoms with Crippen LogP contribution < -0.4 is 0 Å². The molecule has 0 spiro atoms. The van der Waals surface area contributed by atoms with Crippen LogP contribution in [-0.2, 0) is 16.3 Å². The van der Waals surface area contributed by atoms with Gasteiger partial charge in [0.25, 0.3) is 0 Å². The number of aryl methyl sites for hydroxylation is 1. The Morgan fingerprint density at radius 2 is 1.72 bits per heavy atom. The number of rotatable bonds is 4. The van der Waals surface area contributed by atoms with Gasteiger partial charge in [-0.1, -0.05) is 47.2 Å². The van der Waals surface area contributed by atoms with Crippen LogP contribution in [0, 0.1) is 17.7 Å². The molecule has 0 aliphatic carbocycles. The number of hydrogen-bond acceptors (Lipinski definition) is 3. The van der Waals surface area contributed by atoms with Crippen LogP contribution in [-0.4, -0.2) is 19.2 Å². The number of hydrogen-bond donors (Lipinski definition) is 0. The Bertz CT molecular complexity index is 1470. The van der Waals surface area contributed by atoms with Crippen molar-refractivity contribution in [2.24, 2.45) is 0 Å². The van der Waals surface area contributed by atoms with Gasteiger partial charge in [-0.25, -0.2) is 12.8 Å². The van der Waals surface area contributed by atoms with Crippen LogP contribution in [0.5, 0.6) is 0 Å². The molecule has 32 heavy (non-hydrogen) atoms. The Hall–Kier alpha value is -2.91. The average Bonchev–Trinajstić information content (AvgIpc) is 2.78. The molecule has 3 nitrogen and oxygen atoms in total. The number of pyridine rings is 1. The maximum absolute atomic E-state index is 13.9. The highest BCUT2D eigenvalue weighted by molar-refractivity contribution is 7.91. The van der Waals surface area contributed by atoms with Crippen molar-refractivity contribution in [1.29, 1.82) is 0 Å². The molecule has 0 aliphatic heterocycles. The van der Waals surface area contributed by atoms with E-state index in [0.717, 1.165) is 5.56 Å². The van der Waals surface area contributed by atoms with Gasteiger partial charge in [0.2, 0.25) is 0 Å². The fraction of sp³-hybridized carbons (Fsp3) is 0.0800. The monoisotopic (exact) mass is 483 g/mol. The van der Waals surface area contributed by atoms with E-state index in [1.807, 2.05) is 0 Å². The number of aromatic nitrogens is 1. The highest BCUT2D eigenvalue weighted by Gasteiger charge is 2.16. The van der Waals surface area contributed by atoms with Gasteiger partial charge in [0.1, 0.15) is 11.3 Å². The summed E-state index contributed by atoms with van der Waals surface area (Å²) >= 11 is 12.0. The van der Waals surface area contributed by atoms with Crippen molar-refractivity contribution in [2.45, 2.75) is 11.3 Å². The van der Waals surface area contributed by atoms with Gasteiger partial charge in [0.15, 0.2) is 9.84 Å². The molecule has 0 unspecified atom stereocenters. The zero-order valence-electron chi connectivity index (χ0n) is 16.6. The maximum Gasteiger partial charge on any atom is 0.178 e. The third-order valence-corrected chi connectivity index (χ3v) is 7.22. The Morgan fingerprint density at radius 1 is 0.938 bits per heavy atom. The first kappa shape index (κ1) is 22.3. The summed E-state index contributed by atoms with van der Waals surface area (Å²) in [5.41, 5.74) is 2.27. The lowest BCUT2D eigenvalue weighted by atomic mass is 10.1. The van der Waals surface area contributed by atoms with Crippen molar-refractivity contribution in [3.8, 4) is 11.8 Å². The van der Waals surface area contributed by atoms with Crippen molar-refractivity contribution < 1.29 is 12.8 Å². The number of para-hydroxylation sites is 1. The fourth-order valence-electron chi connectivity index (χ4n) is 3.25. The highest BCUT2D eigenvalue weighted by atomic mass is 35.5. The molecule has 0 N–H and O–H groups in total. The topological polar surface area (TPSA) is 47.0 Å². The first-order chi connectivity index (χ1) is 15.3. The molecular formula is C25H16Cl2FNO2S. The lowest BCUT2D eigenvalue weighted by Crippen LogP contribution is -2.09. The number of sulfone groups is 1. The number of benzene rings is 3. The van der Waals surface area contributed by atoms with Gasteiger partial charge < -0.3 is 0 Å². The van der Waals surface area contributed by atoms with Crippen LogP contribution >= 0.6 is 23.2 Å². The summed E-state index contributed by atoms with van der Waals surface area (Å²) in [7, 11) is -3.53. The summed E-state index contributed by atoms with van der Waals surface area (Å²) in [6, 6.07) is 17.8. The Morgan fingerprint density at radius 3 is 2.47 bits per heavy atom.